The molecule has 50 heavy (non-hydrogen) atoms. The maximum Gasteiger partial charge on any atom is 0.0708 e. The van der Waals surface area contributed by atoms with Crippen molar-refractivity contribution in [2.24, 2.45) is 0 Å². The predicted molar refractivity (Wildman–Crippen MR) is 209 cm³/mol. The van der Waals surface area contributed by atoms with E-state index in [1.165, 1.54) is 98.4 Å². The Morgan fingerprint density at radius 3 is 0.960 bits per heavy atom. The van der Waals surface area contributed by atoms with Crippen LogP contribution in [0.2, 0.25) is 0 Å². The summed E-state index contributed by atoms with van der Waals surface area (Å²) in [6.07, 6.45) is 3.81. The van der Waals surface area contributed by atoms with Crippen molar-refractivity contribution in [3.05, 3.63) is 158 Å². The number of pyridine rings is 2. The molecule has 12 rings (SSSR count). The van der Waals surface area contributed by atoms with Crippen molar-refractivity contribution in [2.45, 2.75) is 0 Å². The van der Waals surface area contributed by atoms with Crippen LogP contribution in [0, 0.1) is 0 Å². The summed E-state index contributed by atoms with van der Waals surface area (Å²) >= 11 is 0. The third-order valence-electron chi connectivity index (χ3n) is 11.2. The van der Waals surface area contributed by atoms with E-state index in [4.69, 9.17) is 9.97 Å². The highest BCUT2D eigenvalue weighted by Gasteiger charge is 2.26. The molecule has 8 aromatic carbocycles. The van der Waals surface area contributed by atoms with E-state index in [1.54, 1.807) is 0 Å². The predicted octanol–water partition coefficient (Wildman–Crippen LogP) is 12.9. The van der Waals surface area contributed by atoms with Crippen LogP contribution in [0.1, 0.15) is 0 Å². The van der Waals surface area contributed by atoms with Crippen molar-refractivity contribution in [1.29, 1.82) is 0 Å². The van der Waals surface area contributed by atoms with E-state index in [9.17, 15) is 0 Å². The Balaban J connectivity index is 1.28. The van der Waals surface area contributed by atoms with Gasteiger partial charge in [0.25, 0.3) is 0 Å². The molecule has 0 saturated heterocycles. The highest BCUT2D eigenvalue weighted by Crippen LogP contribution is 2.53. The van der Waals surface area contributed by atoms with Crippen LogP contribution in [0.5, 0.6) is 0 Å². The average Bonchev–Trinajstić information content (AvgIpc) is 3.67. The summed E-state index contributed by atoms with van der Waals surface area (Å²) in [4.78, 5) is 9.85. The van der Waals surface area contributed by atoms with Gasteiger partial charge in [-0.15, -0.1) is 0 Å². The Hall–Kier alpha value is -6.64. The molecular formula is C48H26N2. The lowest BCUT2D eigenvalue weighted by Gasteiger charge is -2.18. The minimum Gasteiger partial charge on any atom is -0.256 e. The molecule has 228 valence electrons. The summed E-state index contributed by atoms with van der Waals surface area (Å²) in [5.74, 6) is 0. The highest BCUT2D eigenvalue weighted by atomic mass is 14.7. The Morgan fingerprint density at radius 1 is 0.260 bits per heavy atom. The molecule has 0 saturated carbocycles. The summed E-state index contributed by atoms with van der Waals surface area (Å²) in [5.41, 5.74) is 14.6. The van der Waals surface area contributed by atoms with Gasteiger partial charge in [0.15, 0.2) is 0 Å². The van der Waals surface area contributed by atoms with Crippen molar-refractivity contribution in [3.8, 4) is 67.0 Å². The Kier molecular flexibility index (Phi) is 5.00. The molecule has 0 N–H and O–H groups in total. The Bertz CT molecular complexity index is 2900. The standard InChI is InChI=1S/C48H26N2/c1-3-19-49-45(17-1)43-25-39-38-22-34-30-14-6-10-28-12-8-16-32(48(28)30)36(34)24-42(38)44(46-18-2-4-20-50-46)26-40(39)37-21-33-29-13-5-9-27-11-7-15-31(47(27)29)35(33)23-41(37)43/h1-26H. The van der Waals surface area contributed by atoms with Gasteiger partial charge in [-0.1, -0.05) is 84.9 Å². The second kappa shape index (κ2) is 9.49. The first kappa shape index (κ1) is 26.3. The lowest BCUT2D eigenvalue weighted by molar-refractivity contribution is 1.33. The molecule has 2 nitrogen and oxygen atoms in total. The van der Waals surface area contributed by atoms with Crippen LogP contribution in [-0.4, -0.2) is 9.97 Å². The van der Waals surface area contributed by atoms with E-state index >= 15 is 0 Å². The van der Waals surface area contributed by atoms with E-state index in [0.29, 0.717) is 0 Å². The third kappa shape index (κ3) is 3.37. The third-order valence-corrected chi connectivity index (χ3v) is 11.2. The largest absolute Gasteiger partial charge is 0.256 e. The monoisotopic (exact) mass is 630 g/mol. The minimum atomic E-state index is 0.980. The van der Waals surface area contributed by atoms with E-state index in [0.717, 1.165) is 22.5 Å². The molecule has 2 aromatic heterocycles. The van der Waals surface area contributed by atoms with E-state index in [2.05, 4.69) is 133 Å². The van der Waals surface area contributed by atoms with Gasteiger partial charge in [-0.25, -0.2) is 0 Å². The fourth-order valence-corrected chi connectivity index (χ4v) is 9.08. The van der Waals surface area contributed by atoms with Crippen LogP contribution >= 0.6 is 0 Å². The molecule has 2 heterocycles. The summed E-state index contributed by atoms with van der Waals surface area (Å²) < 4.78 is 0. The number of hydrogen-bond donors (Lipinski definition) is 0. The number of benzene rings is 8. The highest BCUT2D eigenvalue weighted by molar-refractivity contribution is 6.28. The van der Waals surface area contributed by atoms with Crippen LogP contribution in [-0.2, 0) is 0 Å². The first-order valence-electron chi connectivity index (χ1n) is 17.2. The van der Waals surface area contributed by atoms with Crippen molar-refractivity contribution in [3.63, 3.8) is 0 Å². The maximum absolute atomic E-state index is 4.92. The number of nitrogens with zero attached hydrogens (tertiary/aromatic N) is 2. The van der Waals surface area contributed by atoms with Crippen molar-refractivity contribution < 1.29 is 0 Å². The van der Waals surface area contributed by atoms with Crippen LogP contribution in [0.3, 0.4) is 0 Å². The maximum atomic E-state index is 4.92. The molecule has 0 radical (unpaired) electrons. The van der Waals surface area contributed by atoms with Crippen LogP contribution in [0.4, 0.5) is 0 Å². The SMILES string of the molecule is c1ccc(-c2cc3c4cc5c(cc4c(-c4ccccn4)cc3c3cc4c(cc23)-c2cccc3cccc-4c23)-c2cccc3cccc-5c23)nc1. The number of fused-ring (bicyclic) bond motifs is 11. The van der Waals surface area contributed by atoms with Gasteiger partial charge in [-0.3, -0.25) is 9.97 Å². The van der Waals surface area contributed by atoms with Gasteiger partial charge in [0.05, 0.1) is 11.4 Å². The molecule has 2 aliphatic rings. The second-order valence-corrected chi connectivity index (χ2v) is 13.7. The lowest BCUT2D eigenvalue weighted by atomic mass is 9.86. The summed E-state index contributed by atoms with van der Waals surface area (Å²) in [5, 5.41) is 12.6. The Morgan fingerprint density at radius 2 is 0.600 bits per heavy atom. The topological polar surface area (TPSA) is 25.8 Å². The van der Waals surface area contributed by atoms with Crippen molar-refractivity contribution in [1.82, 2.24) is 9.97 Å². The van der Waals surface area contributed by atoms with Gasteiger partial charge >= 0.3 is 0 Å². The van der Waals surface area contributed by atoms with Crippen LogP contribution in [0.25, 0.3) is 121 Å². The van der Waals surface area contributed by atoms with E-state index in [-0.39, 0.29) is 0 Å². The molecule has 0 bridgehead atoms. The first-order valence-corrected chi connectivity index (χ1v) is 17.2. The zero-order valence-electron chi connectivity index (χ0n) is 26.9. The normalized spacial score (nSPS) is 12.4. The van der Waals surface area contributed by atoms with Crippen LogP contribution in [0.15, 0.2) is 158 Å². The number of hydrogen-bond acceptors (Lipinski definition) is 2. The molecule has 2 aliphatic carbocycles. The molecule has 2 heteroatoms. The summed E-state index contributed by atoms with van der Waals surface area (Å²) in [6.45, 7) is 0. The summed E-state index contributed by atoms with van der Waals surface area (Å²) in [6, 6.07) is 53.8. The fourth-order valence-electron chi connectivity index (χ4n) is 9.08. The van der Waals surface area contributed by atoms with Crippen molar-refractivity contribution >= 4 is 53.9 Å². The quantitative estimate of drug-likeness (QED) is 0.178. The lowest BCUT2D eigenvalue weighted by Crippen LogP contribution is -1.93. The molecule has 10 aromatic rings. The molecule has 0 amide bonds. The fraction of sp³-hybridized carbons (Fsp3) is 0. The van der Waals surface area contributed by atoms with Crippen molar-refractivity contribution in [2.75, 3.05) is 0 Å². The Labute approximate surface area is 287 Å². The smallest absolute Gasteiger partial charge is 0.0708 e. The molecule has 0 aliphatic heterocycles. The average molecular weight is 631 g/mol. The van der Waals surface area contributed by atoms with E-state index < -0.39 is 0 Å². The van der Waals surface area contributed by atoms with Gasteiger partial charge in [-0.2, -0.15) is 0 Å². The zero-order chi connectivity index (χ0) is 32.5. The van der Waals surface area contributed by atoms with Gasteiger partial charge in [0.1, 0.15) is 0 Å². The van der Waals surface area contributed by atoms with Gasteiger partial charge in [-0.05, 0) is 159 Å². The number of rotatable bonds is 2. The number of aromatic nitrogens is 2. The zero-order valence-corrected chi connectivity index (χ0v) is 26.9. The minimum absolute atomic E-state index is 0.980. The van der Waals surface area contributed by atoms with Gasteiger partial charge in [0, 0.05) is 23.5 Å². The molecule has 0 unspecified atom stereocenters. The summed E-state index contributed by atoms with van der Waals surface area (Å²) in [7, 11) is 0. The molecule has 0 atom stereocenters. The molecule has 0 fully saturated rings. The second-order valence-electron chi connectivity index (χ2n) is 13.7. The molecule has 0 spiro atoms. The van der Waals surface area contributed by atoms with Gasteiger partial charge < -0.3 is 0 Å². The first-order chi connectivity index (χ1) is 24.8. The van der Waals surface area contributed by atoms with E-state index in [1.807, 2.05) is 24.5 Å². The van der Waals surface area contributed by atoms with Gasteiger partial charge in [0.2, 0.25) is 0 Å². The molecular weight excluding hydrogens is 605 g/mol. The van der Waals surface area contributed by atoms with Crippen LogP contribution < -0.4 is 0 Å².